The van der Waals surface area contributed by atoms with Crippen LogP contribution in [0, 0.1) is 11.8 Å². The molecule has 1 atom stereocenters. The Morgan fingerprint density at radius 3 is 2.12 bits per heavy atom. The Hall–Kier alpha value is -1.40. The zero-order valence-corrected chi connectivity index (χ0v) is 16.8. The molecule has 0 spiro atoms. The van der Waals surface area contributed by atoms with E-state index in [9.17, 15) is 13.2 Å². The molecule has 5 nitrogen and oxygen atoms in total. The van der Waals surface area contributed by atoms with Crippen LogP contribution in [0.4, 0.5) is 0 Å². The summed E-state index contributed by atoms with van der Waals surface area (Å²) in [6, 6.07) is 7.40. The molecule has 3 rings (SSSR count). The highest BCUT2D eigenvalue weighted by atomic mass is 32.2. The number of carbonyl (C=O) groups is 1. The van der Waals surface area contributed by atoms with Crippen LogP contribution in [0.1, 0.15) is 57.9 Å². The first kappa shape index (κ1) is 19.4. The van der Waals surface area contributed by atoms with Crippen molar-refractivity contribution in [3.63, 3.8) is 0 Å². The van der Waals surface area contributed by atoms with Crippen LogP contribution in [0.5, 0.6) is 0 Å². The molecule has 26 heavy (non-hydrogen) atoms. The van der Waals surface area contributed by atoms with E-state index in [1.807, 2.05) is 12.1 Å². The summed E-state index contributed by atoms with van der Waals surface area (Å²) in [6.45, 7) is 7.05. The molecule has 1 aromatic carbocycles. The number of rotatable bonds is 6. The van der Waals surface area contributed by atoms with E-state index in [1.54, 1.807) is 12.1 Å². The first-order chi connectivity index (χ1) is 12.3. The van der Waals surface area contributed by atoms with Gasteiger partial charge in [0, 0.05) is 25.0 Å². The second-order valence-corrected chi connectivity index (χ2v) is 9.97. The van der Waals surface area contributed by atoms with Crippen LogP contribution < -0.4 is 5.32 Å². The van der Waals surface area contributed by atoms with Crippen LogP contribution in [0.15, 0.2) is 29.2 Å². The lowest BCUT2D eigenvalue weighted by Crippen LogP contribution is -2.45. The third kappa shape index (κ3) is 4.29. The maximum atomic E-state index is 12.8. The van der Waals surface area contributed by atoms with Crippen LogP contribution in [0.2, 0.25) is 0 Å². The third-order valence-electron chi connectivity index (χ3n) is 5.71. The molecular weight excluding hydrogens is 348 g/mol. The first-order valence-electron chi connectivity index (χ1n) is 9.69. The fourth-order valence-corrected chi connectivity index (χ4v) is 5.06. The summed E-state index contributed by atoms with van der Waals surface area (Å²) >= 11 is 0. The maximum Gasteiger partial charge on any atom is 0.243 e. The van der Waals surface area contributed by atoms with Gasteiger partial charge in [0.15, 0.2) is 0 Å². The van der Waals surface area contributed by atoms with Crippen molar-refractivity contribution in [2.45, 2.75) is 63.3 Å². The number of nitrogens with one attached hydrogen (secondary N) is 1. The Kier molecular flexibility index (Phi) is 5.72. The van der Waals surface area contributed by atoms with Gasteiger partial charge in [-0.25, -0.2) is 8.42 Å². The van der Waals surface area contributed by atoms with Gasteiger partial charge in [-0.15, -0.1) is 0 Å². The van der Waals surface area contributed by atoms with E-state index in [-0.39, 0.29) is 17.9 Å². The van der Waals surface area contributed by atoms with Crippen molar-refractivity contribution >= 4 is 15.9 Å². The van der Waals surface area contributed by atoms with Gasteiger partial charge in [-0.1, -0.05) is 26.0 Å². The lowest BCUT2D eigenvalue weighted by atomic mass is 9.96. The largest absolute Gasteiger partial charge is 0.353 e. The molecule has 1 aliphatic heterocycles. The van der Waals surface area contributed by atoms with Gasteiger partial charge in [0.05, 0.1) is 4.90 Å². The lowest BCUT2D eigenvalue weighted by Gasteiger charge is -2.31. The van der Waals surface area contributed by atoms with E-state index in [1.165, 1.54) is 17.1 Å². The molecule has 6 heteroatoms. The molecule has 1 amide bonds. The number of hydrogen-bond donors (Lipinski definition) is 1. The predicted octanol–water partition coefficient (Wildman–Crippen LogP) is 3.13. The van der Waals surface area contributed by atoms with Crippen molar-refractivity contribution in [3.8, 4) is 0 Å². The summed E-state index contributed by atoms with van der Waals surface area (Å²) in [6.07, 6.45) is 3.58. The summed E-state index contributed by atoms with van der Waals surface area (Å²) < 4.78 is 27.2. The molecule has 0 aromatic heterocycles. The number of nitrogens with zero attached hydrogens (tertiary/aromatic N) is 1. The lowest BCUT2D eigenvalue weighted by molar-refractivity contribution is -0.126. The molecule has 0 unspecified atom stereocenters. The quantitative estimate of drug-likeness (QED) is 0.827. The second-order valence-electron chi connectivity index (χ2n) is 8.04. The Morgan fingerprint density at radius 2 is 1.62 bits per heavy atom. The predicted molar refractivity (Wildman–Crippen MR) is 102 cm³/mol. The highest BCUT2D eigenvalue weighted by Gasteiger charge is 2.34. The molecule has 1 saturated heterocycles. The van der Waals surface area contributed by atoms with E-state index in [2.05, 4.69) is 26.1 Å². The number of piperidine rings is 1. The molecular formula is C20H30N2O3S. The summed E-state index contributed by atoms with van der Waals surface area (Å²) in [5.74, 6) is 1.01. The highest BCUT2D eigenvalue weighted by molar-refractivity contribution is 7.89. The monoisotopic (exact) mass is 378 g/mol. The molecule has 2 aliphatic rings. The Labute approximate surface area is 157 Å². The minimum atomic E-state index is -3.48. The van der Waals surface area contributed by atoms with E-state index in [4.69, 9.17) is 0 Å². The normalized spacial score (nSPS) is 20.9. The number of amides is 1. The molecule has 1 aromatic rings. The second kappa shape index (κ2) is 7.69. The molecule has 2 fully saturated rings. The van der Waals surface area contributed by atoms with Gasteiger partial charge in [0.2, 0.25) is 15.9 Å². The fourth-order valence-electron chi connectivity index (χ4n) is 3.59. The Morgan fingerprint density at radius 1 is 1.04 bits per heavy atom. The van der Waals surface area contributed by atoms with E-state index in [0.29, 0.717) is 42.7 Å². The fraction of sp³-hybridized carbons (Fsp3) is 0.650. The van der Waals surface area contributed by atoms with E-state index in [0.717, 1.165) is 5.56 Å². The Bertz CT molecular complexity index is 731. The van der Waals surface area contributed by atoms with Crippen molar-refractivity contribution < 1.29 is 13.2 Å². The van der Waals surface area contributed by atoms with Crippen molar-refractivity contribution in [1.29, 1.82) is 0 Å². The molecule has 1 N–H and O–H groups in total. The average Bonchev–Trinajstić information content (AvgIpc) is 3.47. The zero-order valence-electron chi connectivity index (χ0n) is 15.9. The summed E-state index contributed by atoms with van der Waals surface area (Å²) in [7, 11) is -3.48. The number of benzene rings is 1. The van der Waals surface area contributed by atoms with Crippen molar-refractivity contribution in [2.24, 2.45) is 11.8 Å². The first-order valence-corrected chi connectivity index (χ1v) is 11.1. The van der Waals surface area contributed by atoms with Crippen LogP contribution in [-0.2, 0) is 14.8 Å². The average molecular weight is 379 g/mol. The van der Waals surface area contributed by atoms with Gasteiger partial charge in [0.25, 0.3) is 0 Å². The van der Waals surface area contributed by atoms with Crippen molar-refractivity contribution in [2.75, 3.05) is 13.1 Å². The smallest absolute Gasteiger partial charge is 0.243 e. The van der Waals surface area contributed by atoms with Gasteiger partial charge < -0.3 is 5.32 Å². The highest BCUT2D eigenvalue weighted by Crippen LogP contribution is 2.33. The Balaban J connectivity index is 1.58. The summed E-state index contributed by atoms with van der Waals surface area (Å²) in [5.41, 5.74) is 1.13. The van der Waals surface area contributed by atoms with Gasteiger partial charge in [-0.3, -0.25) is 4.79 Å². The third-order valence-corrected chi connectivity index (χ3v) is 7.62. The van der Waals surface area contributed by atoms with Crippen molar-refractivity contribution in [1.82, 2.24) is 9.62 Å². The van der Waals surface area contributed by atoms with Crippen LogP contribution >= 0.6 is 0 Å². The van der Waals surface area contributed by atoms with Gasteiger partial charge in [0.1, 0.15) is 0 Å². The molecule has 0 radical (unpaired) electrons. The number of sulfonamides is 1. The SMILES string of the molecule is CC(C)c1ccc(S(=O)(=O)N2CCC(C(=O)N[C@H](C)C3CC3)CC2)cc1. The minimum absolute atomic E-state index is 0.0778. The van der Waals surface area contributed by atoms with E-state index < -0.39 is 10.0 Å². The van der Waals surface area contributed by atoms with Crippen LogP contribution in [-0.4, -0.2) is 37.8 Å². The van der Waals surface area contributed by atoms with Crippen molar-refractivity contribution in [3.05, 3.63) is 29.8 Å². The summed E-state index contributed by atoms with van der Waals surface area (Å²) in [5, 5.41) is 3.11. The molecule has 1 aliphatic carbocycles. The van der Waals surface area contributed by atoms with Crippen LogP contribution in [0.25, 0.3) is 0 Å². The van der Waals surface area contributed by atoms with Gasteiger partial charge in [-0.05, 0) is 62.1 Å². The topological polar surface area (TPSA) is 66.5 Å². The van der Waals surface area contributed by atoms with Crippen LogP contribution in [0.3, 0.4) is 0 Å². The molecule has 0 bridgehead atoms. The standard InChI is InChI=1S/C20H30N2O3S/c1-14(2)16-6-8-19(9-7-16)26(24,25)22-12-10-18(11-13-22)20(23)21-15(3)17-4-5-17/h6-9,14-15,17-18H,4-5,10-13H2,1-3H3,(H,21,23)/t15-/m1/s1. The van der Waals surface area contributed by atoms with E-state index >= 15 is 0 Å². The zero-order chi connectivity index (χ0) is 18.9. The molecule has 1 saturated carbocycles. The molecule has 1 heterocycles. The number of hydrogen-bond acceptors (Lipinski definition) is 3. The summed E-state index contributed by atoms with van der Waals surface area (Å²) in [4.78, 5) is 12.7. The van der Waals surface area contributed by atoms with Gasteiger partial charge in [-0.2, -0.15) is 4.31 Å². The van der Waals surface area contributed by atoms with Gasteiger partial charge >= 0.3 is 0 Å². The number of carbonyl (C=O) groups excluding carboxylic acids is 1. The minimum Gasteiger partial charge on any atom is -0.353 e. The molecule has 144 valence electrons. The maximum absolute atomic E-state index is 12.8.